The number of hydrogen-bond donors (Lipinski definition) is 1. The second-order valence-electron chi connectivity index (χ2n) is 5.13. The Morgan fingerprint density at radius 2 is 2.06 bits per heavy atom. The zero-order chi connectivity index (χ0) is 13.9. The molecule has 0 aromatic heterocycles. The van der Waals surface area contributed by atoms with E-state index in [0.717, 1.165) is 6.42 Å². The molecule has 3 atom stereocenters. The molecule has 4 heteroatoms. The number of piperazine rings is 1. The Bertz CT molecular complexity index is 370. The highest BCUT2D eigenvalue weighted by Gasteiger charge is 2.42. The highest BCUT2D eigenvalue weighted by molar-refractivity contribution is 5.97. The van der Waals surface area contributed by atoms with Gasteiger partial charge in [0.25, 0.3) is 0 Å². The monoisotopic (exact) mass is 250 g/mol. The van der Waals surface area contributed by atoms with Crippen molar-refractivity contribution in [3.05, 3.63) is 0 Å². The maximum Gasteiger partial charge on any atom is 0.245 e. The van der Waals surface area contributed by atoms with Crippen LogP contribution in [0.15, 0.2) is 0 Å². The molecule has 0 aromatic carbocycles. The maximum atomic E-state index is 12.3. The number of carbonyl (C=O) groups excluding carboxylic acids is 2. The summed E-state index contributed by atoms with van der Waals surface area (Å²) in [7, 11) is 0. The molecule has 1 heterocycles. The second-order valence-corrected chi connectivity index (χ2v) is 5.13. The maximum absolute atomic E-state index is 12.3. The first-order chi connectivity index (χ1) is 8.43. The van der Waals surface area contributed by atoms with Crippen molar-refractivity contribution < 1.29 is 9.59 Å². The summed E-state index contributed by atoms with van der Waals surface area (Å²) in [5, 5.41) is 2.73. The van der Waals surface area contributed by atoms with Crippen molar-refractivity contribution in [3.8, 4) is 12.3 Å². The average molecular weight is 250 g/mol. The number of nitrogens with zero attached hydrogens (tertiary/aromatic N) is 1. The Balaban J connectivity index is 3.09. The van der Waals surface area contributed by atoms with Gasteiger partial charge in [-0.2, -0.15) is 0 Å². The predicted molar refractivity (Wildman–Crippen MR) is 70.6 cm³/mol. The van der Waals surface area contributed by atoms with E-state index >= 15 is 0 Å². The van der Waals surface area contributed by atoms with Crippen LogP contribution < -0.4 is 5.32 Å². The molecule has 0 aromatic rings. The Kier molecular flexibility index (Phi) is 4.77. The van der Waals surface area contributed by atoms with Crippen molar-refractivity contribution in [2.24, 2.45) is 5.92 Å². The lowest BCUT2D eigenvalue weighted by Crippen LogP contribution is -2.66. The Hall–Kier alpha value is -1.50. The smallest absolute Gasteiger partial charge is 0.245 e. The molecule has 1 saturated heterocycles. The fourth-order valence-corrected chi connectivity index (χ4v) is 2.45. The number of nitrogens with one attached hydrogen (secondary N) is 1. The van der Waals surface area contributed by atoms with Gasteiger partial charge in [0.15, 0.2) is 0 Å². The van der Waals surface area contributed by atoms with E-state index in [0.29, 0.717) is 6.42 Å². The molecule has 18 heavy (non-hydrogen) atoms. The van der Waals surface area contributed by atoms with Crippen molar-refractivity contribution >= 4 is 11.8 Å². The summed E-state index contributed by atoms with van der Waals surface area (Å²) in [6, 6.07) is -0.922. The van der Waals surface area contributed by atoms with E-state index in [2.05, 4.69) is 11.2 Å². The fraction of sp³-hybridized carbons (Fsp3) is 0.714. The molecule has 0 saturated carbocycles. The lowest BCUT2D eigenvalue weighted by Gasteiger charge is -2.43. The van der Waals surface area contributed by atoms with Crippen LogP contribution in [-0.4, -0.2) is 34.8 Å². The molecule has 0 spiro atoms. The first-order valence-electron chi connectivity index (χ1n) is 6.50. The van der Waals surface area contributed by atoms with Crippen molar-refractivity contribution in [1.29, 1.82) is 0 Å². The third kappa shape index (κ3) is 2.66. The molecule has 100 valence electrons. The predicted octanol–water partition coefficient (Wildman–Crippen LogP) is 1.16. The highest BCUT2D eigenvalue weighted by Crippen LogP contribution is 2.23. The van der Waals surface area contributed by atoms with Gasteiger partial charge in [0.2, 0.25) is 11.8 Å². The summed E-state index contributed by atoms with van der Waals surface area (Å²) in [6.07, 6.45) is 6.61. The lowest BCUT2D eigenvalue weighted by atomic mass is 9.94. The van der Waals surface area contributed by atoms with Crippen molar-refractivity contribution in [3.63, 3.8) is 0 Å². The molecular formula is C14H22N2O2. The lowest BCUT2D eigenvalue weighted by molar-refractivity contribution is -0.153. The Morgan fingerprint density at radius 1 is 1.44 bits per heavy atom. The van der Waals surface area contributed by atoms with Crippen LogP contribution in [0.2, 0.25) is 0 Å². The molecule has 2 amide bonds. The Labute approximate surface area is 109 Å². The molecule has 0 aliphatic carbocycles. The highest BCUT2D eigenvalue weighted by atomic mass is 16.2. The molecule has 0 radical (unpaired) electrons. The first-order valence-corrected chi connectivity index (χ1v) is 6.50. The van der Waals surface area contributed by atoms with Gasteiger partial charge in [0, 0.05) is 12.5 Å². The van der Waals surface area contributed by atoms with Crippen LogP contribution in [0, 0.1) is 18.3 Å². The van der Waals surface area contributed by atoms with E-state index in [1.54, 1.807) is 11.8 Å². The fourth-order valence-electron chi connectivity index (χ4n) is 2.45. The SMILES string of the molecule is C#CCC(CC)N1C(=O)C(C)NC(=O)C1C(C)C. The number of carbonyl (C=O) groups is 2. The van der Waals surface area contributed by atoms with Crippen LogP contribution in [0.5, 0.6) is 0 Å². The summed E-state index contributed by atoms with van der Waals surface area (Å²) in [6.45, 7) is 7.60. The average Bonchev–Trinajstić information content (AvgIpc) is 2.30. The van der Waals surface area contributed by atoms with Gasteiger partial charge in [-0.15, -0.1) is 12.3 Å². The van der Waals surface area contributed by atoms with Gasteiger partial charge >= 0.3 is 0 Å². The molecule has 1 fully saturated rings. The van der Waals surface area contributed by atoms with Crippen molar-refractivity contribution in [2.75, 3.05) is 0 Å². The van der Waals surface area contributed by atoms with Crippen LogP contribution in [0.1, 0.15) is 40.5 Å². The summed E-state index contributed by atoms with van der Waals surface area (Å²) in [5.41, 5.74) is 0. The van der Waals surface area contributed by atoms with E-state index in [1.807, 2.05) is 20.8 Å². The molecule has 1 aliphatic rings. The molecule has 3 unspecified atom stereocenters. The number of hydrogen-bond acceptors (Lipinski definition) is 2. The molecule has 0 bridgehead atoms. The van der Waals surface area contributed by atoms with Crippen LogP contribution in [0.25, 0.3) is 0 Å². The first kappa shape index (κ1) is 14.6. The van der Waals surface area contributed by atoms with Gasteiger partial charge in [-0.05, 0) is 19.3 Å². The second kappa shape index (κ2) is 5.90. The molecular weight excluding hydrogens is 228 g/mol. The third-order valence-corrected chi connectivity index (χ3v) is 3.40. The van der Waals surface area contributed by atoms with E-state index in [1.165, 1.54) is 0 Å². The van der Waals surface area contributed by atoms with Crippen LogP contribution in [-0.2, 0) is 9.59 Å². The number of amides is 2. The van der Waals surface area contributed by atoms with Gasteiger partial charge in [0.1, 0.15) is 12.1 Å². The number of terminal acetylenes is 1. The van der Waals surface area contributed by atoms with Crippen molar-refractivity contribution in [2.45, 2.75) is 58.7 Å². The summed E-state index contributed by atoms with van der Waals surface area (Å²) >= 11 is 0. The van der Waals surface area contributed by atoms with Gasteiger partial charge in [0.05, 0.1) is 0 Å². The zero-order valence-corrected chi connectivity index (χ0v) is 11.6. The van der Waals surface area contributed by atoms with Gasteiger partial charge in [-0.1, -0.05) is 20.8 Å². The minimum atomic E-state index is -0.459. The minimum Gasteiger partial charge on any atom is -0.343 e. The van der Waals surface area contributed by atoms with Gasteiger partial charge < -0.3 is 10.2 Å². The quantitative estimate of drug-likeness (QED) is 0.761. The van der Waals surface area contributed by atoms with Gasteiger partial charge in [-0.25, -0.2) is 0 Å². The minimum absolute atomic E-state index is 0.0320. The molecule has 1 N–H and O–H groups in total. The summed E-state index contributed by atoms with van der Waals surface area (Å²) < 4.78 is 0. The van der Waals surface area contributed by atoms with Crippen LogP contribution >= 0.6 is 0 Å². The normalized spacial score (nSPS) is 25.9. The zero-order valence-electron chi connectivity index (χ0n) is 11.6. The summed E-state index contributed by atoms with van der Waals surface area (Å²) in [5.74, 6) is 2.57. The van der Waals surface area contributed by atoms with E-state index in [-0.39, 0.29) is 23.8 Å². The van der Waals surface area contributed by atoms with Crippen LogP contribution in [0.4, 0.5) is 0 Å². The summed E-state index contributed by atoms with van der Waals surface area (Å²) in [4.78, 5) is 26.1. The van der Waals surface area contributed by atoms with Crippen molar-refractivity contribution in [1.82, 2.24) is 10.2 Å². The van der Waals surface area contributed by atoms with E-state index < -0.39 is 12.1 Å². The molecule has 1 rings (SSSR count). The molecule has 4 nitrogen and oxygen atoms in total. The van der Waals surface area contributed by atoms with E-state index in [4.69, 9.17) is 6.42 Å². The topological polar surface area (TPSA) is 49.4 Å². The largest absolute Gasteiger partial charge is 0.343 e. The number of rotatable bonds is 4. The van der Waals surface area contributed by atoms with Crippen LogP contribution in [0.3, 0.4) is 0 Å². The standard InChI is InChI=1S/C14H22N2O2/c1-6-8-11(7-2)16-12(9(3)4)13(17)15-10(5)14(16)18/h1,9-12H,7-8H2,2-5H3,(H,15,17). The van der Waals surface area contributed by atoms with E-state index in [9.17, 15) is 9.59 Å². The molecule has 1 aliphatic heterocycles. The Morgan fingerprint density at radius 3 is 2.50 bits per heavy atom. The third-order valence-electron chi connectivity index (χ3n) is 3.40. The van der Waals surface area contributed by atoms with Gasteiger partial charge in [-0.3, -0.25) is 9.59 Å².